The van der Waals surface area contributed by atoms with E-state index in [0.717, 1.165) is 11.4 Å². The van der Waals surface area contributed by atoms with Crippen LogP contribution in [0.3, 0.4) is 0 Å². The first-order valence-electron chi connectivity index (χ1n) is 10.3. The van der Waals surface area contributed by atoms with Crippen molar-refractivity contribution < 1.29 is 14.4 Å². The van der Waals surface area contributed by atoms with Crippen LogP contribution in [0.1, 0.15) is 70.2 Å². The zero-order chi connectivity index (χ0) is 21.8. The van der Waals surface area contributed by atoms with Gasteiger partial charge >= 0.3 is 0 Å². The highest BCUT2D eigenvalue weighted by Gasteiger charge is 2.44. The Morgan fingerprint density at radius 1 is 0.900 bits per heavy atom. The summed E-state index contributed by atoms with van der Waals surface area (Å²) in [6.45, 7) is 8.23. The Morgan fingerprint density at radius 2 is 1.40 bits per heavy atom. The fourth-order valence-electron chi connectivity index (χ4n) is 4.76. The standard InChI is InChI=1S/C24H27ClN2O3/c1-23(2)10-18-15(20(28)12-23)9-16-19(11-24(3,4)13-21(16)29)27(18)26-22(30)14-7-5-6-8-17(14)25/h5-8H,9-13H2,1-4H3,(H,26,30). The van der Waals surface area contributed by atoms with Gasteiger partial charge in [0.1, 0.15) is 0 Å². The second kappa shape index (κ2) is 7.09. The molecular formula is C24H27ClN2O3. The number of hydrazine groups is 1. The van der Waals surface area contributed by atoms with Gasteiger partial charge in [-0.15, -0.1) is 0 Å². The van der Waals surface area contributed by atoms with Crippen LogP contribution in [0.4, 0.5) is 0 Å². The van der Waals surface area contributed by atoms with Crippen molar-refractivity contribution >= 4 is 29.1 Å². The first-order valence-corrected chi connectivity index (χ1v) is 10.7. The highest BCUT2D eigenvalue weighted by molar-refractivity contribution is 6.33. The van der Waals surface area contributed by atoms with Crippen LogP contribution >= 0.6 is 11.6 Å². The van der Waals surface area contributed by atoms with E-state index in [1.54, 1.807) is 29.3 Å². The minimum Gasteiger partial charge on any atom is -0.294 e. The molecule has 0 spiro atoms. The van der Waals surface area contributed by atoms with Crippen molar-refractivity contribution in [3.63, 3.8) is 0 Å². The molecule has 2 aliphatic carbocycles. The number of rotatable bonds is 2. The molecule has 158 valence electrons. The zero-order valence-electron chi connectivity index (χ0n) is 17.9. The maximum Gasteiger partial charge on any atom is 0.271 e. The zero-order valence-corrected chi connectivity index (χ0v) is 18.7. The summed E-state index contributed by atoms with van der Waals surface area (Å²) in [5.41, 5.74) is 5.83. The van der Waals surface area contributed by atoms with Crippen molar-refractivity contribution in [3.05, 3.63) is 57.4 Å². The van der Waals surface area contributed by atoms with E-state index in [1.807, 2.05) is 0 Å². The lowest BCUT2D eigenvalue weighted by Crippen LogP contribution is -2.49. The molecule has 0 unspecified atom stereocenters. The Labute approximate surface area is 182 Å². The largest absolute Gasteiger partial charge is 0.294 e. The highest BCUT2D eigenvalue weighted by Crippen LogP contribution is 2.48. The minimum atomic E-state index is -0.354. The number of carbonyl (C=O) groups is 3. The fourth-order valence-corrected chi connectivity index (χ4v) is 4.98. The number of nitrogens with zero attached hydrogens (tertiary/aromatic N) is 1. The normalized spacial score (nSPS) is 22.6. The highest BCUT2D eigenvalue weighted by atomic mass is 35.5. The van der Waals surface area contributed by atoms with Crippen LogP contribution in [0.15, 0.2) is 46.8 Å². The van der Waals surface area contributed by atoms with E-state index in [1.165, 1.54) is 0 Å². The molecule has 3 aliphatic rings. The molecule has 4 rings (SSSR count). The monoisotopic (exact) mass is 426 g/mol. The summed E-state index contributed by atoms with van der Waals surface area (Å²) in [6.07, 6.45) is 2.57. The number of halogens is 1. The lowest BCUT2D eigenvalue weighted by molar-refractivity contribution is -0.119. The quantitative estimate of drug-likeness (QED) is 0.724. The predicted octanol–water partition coefficient (Wildman–Crippen LogP) is 4.98. The minimum absolute atomic E-state index is 0.0578. The third-order valence-electron chi connectivity index (χ3n) is 6.17. The van der Waals surface area contributed by atoms with E-state index >= 15 is 0 Å². The van der Waals surface area contributed by atoms with Gasteiger partial charge in [0.25, 0.3) is 5.91 Å². The van der Waals surface area contributed by atoms with E-state index in [4.69, 9.17) is 11.6 Å². The van der Waals surface area contributed by atoms with Crippen LogP contribution in [0.5, 0.6) is 0 Å². The number of Topliss-reactive ketones (excluding diaryl/α,β-unsaturated/α-hetero) is 2. The van der Waals surface area contributed by atoms with Gasteiger partial charge in [-0.25, -0.2) is 0 Å². The smallest absolute Gasteiger partial charge is 0.271 e. The van der Waals surface area contributed by atoms with Gasteiger partial charge in [0.2, 0.25) is 0 Å². The molecule has 0 aromatic heterocycles. The van der Waals surface area contributed by atoms with E-state index in [0.29, 0.717) is 53.8 Å². The van der Waals surface area contributed by atoms with Crippen molar-refractivity contribution in [1.82, 2.24) is 10.4 Å². The molecule has 0 saturated heterocycles. The predicted molar refractivity (Wildman–Crippen MR) is 115 cm³/mol. The summed E-state index contributed by atoms with van der Waals surface area (Å²) < 4.78 is 0. The van der Waals surface area contributed by atoms with Crippen molar-refractivity contribution in [2.24, 2.45) is 10.8 Å². The average Bonchev–Trinajstić information content (AvgIpc) is 2.61. The molecule has 0 bridgehead atoms. The van der Waals surface area contributed by atoms with Gasteiger partial charge in [0, 0.05) is 41.8 Å². The Morgan fingerprint density at radius 3 is 1.90 bits per heavy atom. The van der Waals surface area contributed by atoms with Gasteiger partial charge in [0.05, 0.1) is 10.6 Å². The summed E-state index contributed by atoms with van der Waals surface area (Å²) in [5, 5.41) is 2.09. The van der Waals surface area contributed by atoms with E-state index in [9.17, 15) is 14.4 Å². The van der Waals surface area contributed by atoms with Gasteiger partial charge < -0.3 is 0 Å². The maximum atomic E-state index is 13.1. The number of allylic oxidation sites excluding steroid dienone is 4. The first kappa shape index (κ1) is 20.9. The number of amides is 1. The number of carbonyl (C=O) groups excluding carboxylic acids is 3. The van der Waals surface area contributed by atoms with Crippen LogP contribution in [0.25, 0.3) is 0 Å². The summed E-state index contributed by atoms with van der Waals surface area (Å²) in [5.74, 6) is -0.238. The van der Waals surface area contributed by atoms with Crippen LogP contribution in [-0.2, 0) is 9.59 Å². The lowest BCUT2D eigenvalue weighted by Gasteiger charge is -2.46. The molecule has 1 aliphatic heterocycles. The van der Waals surface area contributed by atoms with Gasteiger partial charge in [-0.05, 0) is 35.8 Å². The van der Waals surface area contributed by atoms with E-state index < -0.39 is 0 Å². The molecule has 0 radical (unpaired) electrons. The number of nitrogens with one attached hydrogen (secondary N) is 1. The molecule has 1 N–H and O–H groups in total. The van der Waals surface area contributed by atoms with Crippen LogP contribution < -0.4 is 5.43 Å². The Bertz CT molecular complexity index is 981. The van der Waals surface area contributed by atoms with Crippen LogP contribution in [0, 0.1) is 10.8 Å². The van der Waals surface area contributed by atoms with Crippen LogP contribution in [0.2, 0.25) is 5.02 Å². The Balaban J connectivity index is 1.80. The second-order valence-electron chi connectivity index (χ2n) is 10.2. The Hall–Kier alpha value is -2.40. The molecule has 0 fully saturated rings. The molecule has 1 aromatic rings. The fraction of sp³-hybridized carbons (Fsp3) is 0.458. The number of hydrogen-bond acceptors (Lipinski definition) is 4. The van der Waals surface area contributed by atoms with E-state index in [2.05, 4.69) is 33.1 Å². The Kier molecular flexibility index (Phi) is 4.93. The molecular weight excluding hydrogens is 400 g/mol. The summed E-state index contributed by atoms with van der Waals surface area (Å²) in [4.78, 5) is 39.0. The molecule has 30 heavy (non-hydrogen) atoms. The molecule has 5 nitrogen and oxygen atoms in total. The maximum absolute atomic E-state index is 13.1. The molecule has 1 heterocycles. The summed E-state index contributed by atoms with van der Waals surface area (Å²) in [7, 11) is 0. The van der Waals surface area contributed by atoms with Gasteiger partial charge in [-0.3, -0.25) is 24.8 Å². The summed E-state index contributed by atoms with van der Waals surface area (Å²) >= 11 is 6.24. The molecule has 0 atom stereocenters. The topological polar surface area (TPSA) is 66.5 Å². The second-order valence-corrected chi connectivity index (χ2v) is 10.6. The molecule has 6 heteroatoms. The van der Waals surface area contributed by atoms with Crippen molar-refractivity contribution in [3.8, 4) is 0 Å². The first-order chi connectivity index (χ1) is 14.0. The van der Waals surface area contributed by atoms with E-state index in [-0.39, 0.29) is 28.3 Å². The SMILES string of the molecule is CC1(C)CC(=O)C2=C(C1)N(NC(=O)c1ccccc1Cl)C1=C(C2)C(=O)CC(C)(C)C1. The summed E-state index contributed by atoms with van der Waals surface area (Å²) in [6, 6.07) is 6.86. The third kappa shape index (κ3) is 3.71. The van der Waals surface area contributed by atoms with Gasteiger partial charge in [0.15, 0.2) is 11.6 Å². The molecule has 1 amide bonds. The van der Waals surface area contributed by atoms with Crippen molar-refractivity contribution in [2.45, 2.75) is 59.8 Å². The molecule has 0 saturated carbocycles. The van der Waals surface area contributed by atoms with Crippen molar-refractivity contribution in [2.75, 3.05) is 0 Å². The van der Waals surface area contributed by atoms with Crippen molar-refractivity contribution in [1.29, 1.82) is 0 Å². The lowest BCUT2D eigenvalue weighted by atomic mass is 9.69. The number of benzene rings is 1. The van der Waals surface area contributed by atoms with Gasteiger partial charge in [-0.2, -0.15) is 0 Å². The van der Waals surface area contributed by atoms with Gasteiger partial charge in [-0.1, -0.05) is 51.4 Å². The van der Waals surface area contributed by atoms with Crippen LogP contribution in [-0.4, -0.2) is 22.5 Å². The molecule has 1 aromatic carbocycles. The third-order valence-corrected chi connectivity index (χ3v) is 6.49. The number of hydrogen-bond donors (Lipinski definition) is 1. The average molecular weight is 427 g/mol. The number of ketones is 2.